The molecular formula is C17H22N4O2S. The van der Waals surface area contributed by atoms with Crippen molar-refractivity contribution in [3.63, 3.8) is 0 Å². The molecular weight excluding hydrogens is 324 g/mol. The number of benzene rings is 1. The molecule has 0 aliphatic carbocycles. The molecule has 1 atom stereocenters. The number of carbonyl (C=O) groups excluding carboxylic acids is 1. The Hall–Kier alpha value is -1.86. The maximum atomic E-state index is 12.0. The van der Waals surface area contributed by atoms with Gasteiger partial charge in [0.05, 0.1) is 25.1 Å². The summed E-state index contributed by atoms with van der Waals surface area (Å²) in [6, 6.07) is 8.37. The molecule has 0 radical (unpaired) electrons. The number of ether oxygens (including phenoxy) is 1. The number of aryl methyl sites for hydroxylation is 1. The molecule has 1 fully saturated rings. The van der Waals surface area contributed by atoms with Crippen molar-refractivity contribution in [1.29, 1.82) is 0 Å². The molecule has 0 bridgehead atoms. The predicted octanol–water partition coefficient (Wildman–Crippen LogP) is 2.11. The van der Waals surface area contributed by atoms with Crippen LogP contribution in [0.1, 0.15) is 29.1 Å². The van der Waals surface area contributed by atoms with Crippen molar-refractivity contribution in [2.24, 2.45) is 0 Å². The average Bonchev–Trinajstić information content (AvgIpc) is 3.20. The van der Waals surface area contributed by atoms with Gasteiger partial charge in [0, 0.05) is 13.7 Å². The molecule has 0 unspecified atom stereocenters. The van der Waals surface area contributed by atoms with E-state index >= 15 is 0 Å². The quantitative estimate of drug-likeness (QED) is 0.768. The van der Waals surface area contributed by atoms with Crippen molar-refractivity contribution in [3.8, 4) is 0 Å². The predicted molar refractivity (Wildman–Crippen MR) is 93.7 cm³/mol. The molecule has 1 saturated heterocycles. The minimum absolute atomic E-state index is 0.0668. The highest BCUT2D eigenvalue weighted by molar-refractivity contribution is 8.00. The summed E-state index contributed by atoms with van der Waals surface area (Å²) in [4.78, 5) is 13.9. The molecule has 1 amide bonds. The zero-order chi connectivity index (χ0) is 16.9. The number of aromatic nitrogens is 3. The zero-order valence-corrected chi connectivity index (χ0v) is 14.8. The van der Waals surface area contributed by atoms with Crippen LogP contribution in [0, 0.1) is 0 Å². The Morgan fingerprint density at radius 3 is 2.88 bits per heavy atom. The van der Waals surface area contributed by atoms with E-state index in [4.69, 9.17) is 4.74 Å². The Morgan fingerprint density at radius 1 is 1.33 bits per heavy atom. The van der Waals surface area contributed by atoms with Gasteiger partial charge in [-0.15, -0.1) is 16.9 Å². The van der Waals surface area contributed by atoms with E-state index in [1.54, 1.807) is 18.9 Å². The van der Waals surface area contributed by atoms with Crippen LogP contribution >= 0.6 is 11.8 Å². The lowest BCUT2D eigenvalue weighted by molar-refractivity contribution is -0.128. The zero-order valence-electron chi connectivity index (χ0n) is 14.0. The summed E-state index contributed by atoms with van der Waals surface area (Å²) in [6.45, 7) is 3.96. The lowest BCUT2D eigenvalue weighted by atomic mass is 10.1. The molecule has 0 N–H and O–H groups in total. The summed E-state index contributed by atoms with van der Waals surface area (Å²) < 4.78 is 6.95. The summed E-state index contributed by atoms with van der Waals surface area (Å²) in [5, 5.41) is 8.49. The lowest BCUT2D eigenvalue weighted by Crippen LogP contribution is -2.31. The third kappa shape index (κ3) is 3.62. The van der Waals surface area contributed by atoms with Crippen LogP contribution in [0.25, 0.3) is 0 Å². The van der Waals surface area contributed by atoms with E-state index in [0.717, 1.165) is 12.1 Å². The minimum Gasteiger partial charge on any atom is -0.383 e. The topological polar surface area (TPSA) is 60.2 Å². The van der Waals surface area contributed by atoms with Crippen molar-refractivity contribution >= 4 is 17.7 Å². The van der Waals surface area contributed by atoms with Crippen molar-refractivity contribution < 1.29 is 9.53 Å². The van der Waals surface area contributed by atoms with E-state index < -0.39 is 0 Å². The van der Waals surface area contributed by atoms with Gasteiger partial charge in [-0.1, -0.05) is 36.4 Å². The maximum Gasteiger partial charge on any atom is 0.233 e. The van der Waals surface area contributed by atoms with Crippen LogP contribution in [0.4, 0.5) is 0 Å². The van der Waals surface area contributed by atoms with Gasteiger partial charge < -0.3 is 9.64 Å². The second kappa shape index (κ2) is 7.81. The molecule has 1 aromatic heterocycles. The molecule has 3 rings (SSSR count). The Labute approximate surface area is 146 Å². The van der Waals surface area contributed by atoms with Gasteiger partial charge in [-0.2, -0.15) is 0 Å². The average molecular weight is 346 g/mol. The first-order valence-electron chi connectivity index (χ1n) is 8.09. The SMILES string of the molecule is CCc1ccccc1Cn1cc([C@H]2SCC(=O)N2CCOC)nn1. The Bertz CT molecular complexity index is 703. The van der Waals surface area contributed by atoms with Crippen molar-refractivity contribution in [2.45, 2.75) is 25.3 Å². The highest BCUT2D eigenvalue weighted by Crippen LogP contribution is 2.37. The molecule has 24 heavy (non-hydrogen) atoms. The number of carbonyl (C=O) groups is 1. The fourth-order valence-corrected chi connectivity index (χ4v) is 4.01. The largest absolute Gasteiger partial charge is 0.383 e. The molecule has 6 nitrogen and oxygen atoms in total. The number of methoxy groups -OCH3 is 1. The standard InChI is InChI=1S/C17H22N4O2S/c1-3-13-6-4-5-7-14(13)10-20-11-15(18-19-20)17-21(8-9-23-2)16(22)12-24-17/h4-7,11,17H,3,8-10,12H2,1-2H3/t17-/m1/s1. The van der Waals surface area contributed by atoms with Crippen molar-refractivity contribution in [3.05, 3.63) is 47.3 Å². The fourth-order valence-electron chi connectivity index (χ4n) is 2.87. The third-order valence-electron chi connectivity index (χ3n) is 4.15. The Balaban J connectivity index is 1.74. The van der Waals surface area contributed by atoms with Crippen molar-refractivity contribution in [2.75, 3.05) is 26.0 Å². The van der Waals surface area contributed by atoms with E-state index in [-0.39, 0.29) is 11.3 Å². The lowest BCUT2D eigenvalue weighted by Gasteiger charge is -2.21. The molecule has 1 aliphatic heterocycles. The number of nitrogens with zero attached hydrogens (tertiary/aromatic N) is 4. The second-order valence-electron chi connectivity index (χ2n) is 5.71. The summed E-state index contributed by atoms with van der Waals surface area (Å²) in [5.41, 5.74) is 3.40. The second-order valence-corrected chi connectivity index (χ2v) is 6.78. The number of rotatable bonds is 7. The summed E-state index contributed by atoms with van der Waals surface area (Å²) >= 11 is 1.59. The van der Waals surface area contributed by atoms with Crippen LogP contribution in [0.15, 0.2) is 30.5 Å². The number of thioether (sulfide) groups is 1. The van der Waals surface area contributed by atoms with Gasteiger partial charge in [0.15, 0.2) is 0 Å². The van der Waals surface area contributed by atoms with E-state index in [9.17, 15) is 4.79 Å². The number of hydrogen-bond donors (Lipinski definition) is 0. The van der Waals surface area contributed by atoms with Crippen LogP contribution in [0.2, 0.25) is 0 Å². The van der Waals surface area contributed by atoms with E-state index in [0.29, 0.717) is 25.4 Å². The molecule has 2 heterocycles. The normalized spacial score (nSPS) is 17.7. The Kier molecular flexibility index (Phi) is 5.52. The van der Waals surface area contributed by atoms with Crippen molar-refractivity contribution in [1.82, 2.24) is 19.9 Å². The van der Waals surface area contributed by atoms with Gasteiger partial charge in [-0.25, -0.2) is 4.68 Å². The first-order valence-corrected chi connectivity index (χ1v) is 9.14. The molecule has 0 spiro atoms. The number of hydrogen-bond acceptors (Lipinski definition) is 5. The fraction of sp³-hybridized carbons (Fsp3) is 0.471. The third-order valence-corrected chi connectivity index (χ3v) is 5.37. The molecule has 0 saturated carbocycles. The van der Waals surface area contributed by atoms with Crippen LogP contribution in [-0.4, -0.2) is 51.8 Å². The van der Waals surface area contributed by atoms with Crippen LogP contribution in [0.3, 0.4) is 0 Å². The van der Waals surface area contributed by atoms with Gasteiger partial charge in [-0.3, -0.25) is 4.79 Å². The van der Waals surface area contributed by atoms with Gasteiger partial charge in [0.2, 0.25) is 5.91 Å². The first kappa shape index (κ1) is 17.0. The minimum atomic E-state index is -0.0668. The van der Waals surface area contributed by atoms with Gasteiger partial charge in [-0.05, 0) is 17.5 Å². The van der Waals surface area contributed by atoms with Crippen LogP contribution in [-0.2, 0) is 22.5 Å². The van der Waals surface area contributed by atoms with E-state index in [1.807, 2.05) is 21.8 Å². The van der Waals surface area contributed by atoms with Gasteiger partial charge >= 0.3 is 0 Å². The van der Waals surface area contributed by atoms with Gasteiger partial charge in [0.25, 0.3) is 0 Å². The summed E-state index contributed by atoms with van der Waals surface area (Å²) in [6.07, 6.45) is 2.94. The van der Waals surface area contributed by atoms with Crippen LogP contribution < -0.4 is 0 Å². The molecule has 1 aromatic carbocycles. The summed E-state index contributed by atoms with van der Waals surface area (Å²) in [7, 11) is 1.64. The highest BCUT2D eigenvalue weighted by Gasteiger charge is 2.34. The van der Waals surface area contributed by atoms with E-state index in [2.05, 4.69) is 35.4 Å². The van der Waals surface area contributed by atoms with Crippen LogP contribution in [0.5, 0.6) is 0 Å². The molecule has 2 aromatic rings. The maximum absolute atomic E-state index is 12.0. The summed E-state index contributed by atoms with van der Waals surface area (Å²) in [5.74, 6) is 0.618. The van der Waals surface area contributed by atoms with Gasteiger partial charge in [0.1, 0.15) is 11.1 Å². The Morgan fingerprint density at radius 2 is 2.12 bits per heavy atom. The number of amides is 1. The monoisotopic (exact) mass is 346 g/mol. The smallest absolute Gasteiger partial charge is 0.233 e. The molecule has 128 valence electrons. The first-order chi connectivity index (χ1) is 11.7. The molecule has 1 aliphatic rings. The molecule has 7 heteroatoms. The van der Waals surface area contributed by atoms with E-state index in [1.165, 1.54) is 11.1 Å². The highest BCUT2D eigenvalue weighted by atomic mass is 32.2.